The van der Waals surface area contributed by atoms with Crippen molar-refractivity contribution in [2.45, 2.75) is 39.5 Å². The van der Waals surface area contributed by atoms with E-state index in [1.54, 1.807) is 0 Å². The molecule has 1 aliphatic heterocycles. The summed E-state index contributed by atoms with van der Waals surface area (Å²) in [5, 5.41) is 10.8. The quantitative estimate of drug-likeness (QED) is 0.793. The van der Waals surface area contributed by atoms with Crippen LogP contribution in [-0.4, -0.2) is 39.7 Å². The normalized spacial score (nSPS) is 16.6. The van der Waals surface area contributed by atoms with Crippen LogP contribution in [0.2, 0.25) is 0 Å². The zero-order valence-electron chi connectivity index (χ0n) is 15.4. The van der Waals surface area contributed by atoms with Gasteiger partial charge in [0.25, 0.3) is 0 Å². The highest BCUT2D eigenvalue weighted by molar-refractivity contribution is 5.62. The second kappa shape index (κ2) is 8.30. The van der Waals surface area contributed by atoms with E-state index in [1.165, 1.54) is 32.4 Å². The lowest BCUT2D eigenvalue weighted by Gasteiger charge is -2.29. The summed E-state index contributed by atoms with van der Waals surface area (Å²) in [6, 6.07) is 6.04. The summed E-state index contributed by atoms with van der Waals surface area (Å²) < 4.78 is 0. The fourth-order valence-electron chi connectivity index (χ4n) is 3.46. The number of hydrogen-bond donors (Lipinski definition) is 2. The number of aromatic nitrogens is 3. The van der Waals surface area contributed by atoms with Crippen molar-refractivity contribution in [3.05, 3.63) is 42.4 Å². The summed E-state index contributed by atoms with van der Waals surface area (Å²) in [5.74, 6) is 1.48. The van der Waals surface area contributed by atoms with E-state index in [4.69, 9.17) is 0 Å². The second-order valence-corrected chi connectivity index (χ2v) is 7.25. The molecule has 2 aromatic rings. The van der Waals surface area contributed by atoms with Crippen molar-refractivity contribution in [1.29, 1.82) is 0 Å². The number of piperidine rings is 1. The predicted molar refractivity (Wildman–Crippen MR) is 103 cm³/mol. The highest BCUT2D eigenvalue weighted by Crippen LogP contribution is 2.21. The van der Waals surface area contributed by atoms with Crippen molar-refractivity contribution in [3.8, 4) is 11.3 Å². The maximum atomic E-state index is 4.37. The van der Waals surface area contributed by atoms with E-state index in [1.807, 2.05) is 31.3 Å². The third kappa shape index (κ3) is 5.16. The monoisotopic (exact) mass is 339 g/mol. The van der Waals surface area contributed by atoms with Crippen LogP contribution in [0.15, 0.2) is 36.7 Å². The van der Waals surface area contributed by atoms with Crippen molar-refractivity contribution in [2.75, 3.05) is 25.0 Å². The van der Waals surface area contributed by atoms with E-state index >= 15 is 0 Å². The molecule has 1 aliphatic rings. The number of nitrogens with one attached hydrogen (secondary N) is 2. The number of likely N-dealkylation sites (tertiary alicyclic amines) is 1. The van der Waals surface area contributed by atoms with Gasteiger partial charge in [-0.05, 0) is 57.3 Å². The Morgan fingerprint density at radius 3 is 2.84 bits per heavy atom. The summed E-state index contributed by atoms with van der Waals surface area (Å²) in [6.45, 7) is 12.1. The largest absolute Gasteiger partial charge is 0.345 e. The Bertz CT molecular complexity index is 682. The Kier molecular flexibility index (Phi) is 5.87. The Labute approximate surface area is 150 Å². The standard InChI is InChI=1S/C20H29N5/c1-15(14-25-9-5-4-6-10-25)11-17(3)22-20-12-19(23-24-20)18-8-7-16(2)21-13-18/h7-8,12-13,15H,3-6,9-11,14H2,1-2H3,(H2,22,23,24). The molecule has 0 radical (unpaired) electrons. The molecule has 0 aliphatic carbocycles. The van der Waals surface area contributed by atoms with Crippen molar-refractivity contribution < 1.29 is 0 Å². The zero-order chi connectivity index (χ0) is 17.6. The predicted octanol–water partition coefficient (Wildman–Crippen LogP) is 4.22. The Morgan fingerprint density at radius 1 is 1.32 bits per heavy atom. The van der Waals surface area contributed by atoms with Crippen LogP contribution in [0.5, 0.6) is 0 Å². The Morgan fingerprint density at radius 2 is 2.12 bits per heavy atom. The molecule has 0 bridgehead atoms. The minimum absolute atomic E-state index is 0.599. The van der Waals surface area contributed by atoms with Crippen LogP contribution in [0.4, 0.5) is 5.82 Å². The molecule has 0 aromatic carbocycles. The summed E-state index contributed by atoms with van der Waals surface area (Å²) in [4.78, 5) is 6.91. The molecular weight excluding hydrogens is 310 g/mol. The lowest BCUT2D eigenvalue weighted by molar-refractivity contribution is 0.200. The maximum absolute atomic E-state index is 4.37. The van der Waals surface area contributed by atoms with Crippen LogP contribution in [-0.2, 0) is 0 Å². The number of aryl methyl sites for hydroxylation is 1. The molecule has 3 rings (SSSR count). The van der Waals surface area contributed by atoms with E-state index < -0.39 is 0 Å². The number of pyridine rings is 1. The number of H-pyrrole nitrogens is 1. The number of hydrogen-bond acceptors (Lipinski definition) is 4. The molecule has 1 saturated heterocycles. The van der Waals surface area contributed by atoms with E-state index in [0.717, 1.165) is 41.4 Å². The molecule has 5 nitrogen and oxygen atoms in total. The smallest absolute Gasteiger partial charge is 0.126 e. The molecular formula is C20H29N5. The van der Waals surface area contributed by atoms with Gasteiger partial charge in [0.05, 0.1) is 5.69 Å². The number of aromatic amines is 1. The van der Waals surface area contributed by atoms with Gasteiger partial charge >= 0.3 is 0 Å². The van der Waals surface area contributed by atoms with Gasteiger partial charge in [0, 0.05) is 35.8 Å². The van der Waals surface area contributed by atoms with Gasteiger partial charge in [-0.15, -0.1) is 0 Å². The maximum Gasteiger partial charge on any atom is 0.126 e. The lowest BCUT2D eigenvalue weighted by atomic mass is 10.0. The summed E-state index contributed by atoms with van der Waals surface area (Å²) in [5.41, 5.74) is 3.94. The lowest BCUT2D eigenvalue weighted by Crippen LogP contribution is -2.33. The van der Waals surface area contributed by atoms with Crippen molar-refractivity contribution in [1.82, 2.24) is 20.1 Å². The highest BCUT2D eigenvalue weighted by atomic mass is 15.2. The third-order valence-corrected chi connectivity index (χ3v) is 4.71. The molecule has 0 saturated carbocycles. The summed E-state index contributed by atoms with van der Waals surface area (Å²) in [7, 11) is 0. The van der Waals surface area contributed by atoms with Gasteiger partial charge in [-0.3, -0.25) is 10.1 Å². The van der Waals surface area contributed by atoms with Crippen molar-refractivity contribution in [2.24, 2.45) is 5.92 Å². The van der Waals surface area contributed by atoms with Crippen molar-refractivity contribution in [3.63, 3.8) is 0 Å². The van der Waals surface area contributed by atoms with Crippen molar-refractivity contribution >= 4 is 5.82 Å². The van der Waals surface area contributed by atoms with Gasteiger partial charge in [-0.2, -0.15) is 5.10 Å². The Hall–Kier alpha value is -2.14. The van der Waals surface area contributed by atoms with Gasteiger partial charge in [0.15, 0.2) is 0 Å². The molecule has 25 heavy (non-hydrogen) atoms. The molecule has 0 spiro atoms. The number of rotatable bonds is 7. The number of nitrogens with zero attached hydrogens (tertiary/aromatic N) is 3. The minimum atomic E-state index is 0.599. The van der Waals surface area contributed by atoms with Crippen LogP contribution < -0.4 is 5.32 Å². The first-order valence-electron chi connectivity index (χ1n) is 9.26. The van der Waals surface area contributed by atoms with E-state index in [2.05, 4.69) is 38.9 Å². The second-order valence-electron chi connectivity index (χ2n) is 7.25. The Balaban J connectivity index is 1.50. The molecule has 2 N–H and O–H groups in total. The molecule has 2 aromatic heterocycles. The molecule has 1 atom stereocenters. The number of allylic oxidation sites excluding steroid dienone is 1. The number of anilines is 1. The van der Waals surface area contributed by atoms with Gasteiger partial charge in [-0.25, -0.2) is 0 Å². The van der Waals surface area contributed by atoms with Crippen LogP contribution in [0, 0.1) is 12.8 Å². The highest BCUT2D eigenvalue weighted by Gasteiger charge is 2.14. The summed E-state index contributed by atoms with van der Waals surface area (Å²) >= 11 is 0. The average Bonchev–Trinajstić information content (AvgIpc) is 3.04. The molecule has 5 heteroatoms. The molecule has 3 heterocycles. The SMILES string of the molecule is C=C(CC(C)CN1CCCCC1)Nc1cc(-c2ccc(C)nc2)n[nH]1. The van der Waals surface area contributed by atoms with E-state index in [-0.39, 0.29) is 0 Å². The van der Waals surface area contributed by atoms with Gasteiger partial charge < -0.3 is 10.2 Å². The fourth-order valence-corrected chi connectivity index (χ4v) is 3.46. The molecule has 1 unspecified atom stereocenters. The first-order chi connectivity index (χ1) is 12.1. The van der Waals surface area contributed by atoms with Crippen LogP contribution in [0.1, 0.15) is 38.3 Å². The summed E-state index contributed by atoms with van der Waals surface area (Å²) in [6.07, 6.45) is 6.90. The van der Waals surface area contributed by atoms with Crippen LogP contribution in [0.3, 0.4) is 0 Å². The van der Waals surface area contributed by atoms with E-state index in [0.29, 0.717) is 5.92 Å². The first-order valence-corrected chi connectivity index (χ1v) is 9.26. The van der Waals surface area contributed by atoms with Crippen LogP contribution >= 0.6 is 0 Å². The molecule has 1 fully saturated rings. The molecule has 0 amide bonds. The fraction of sp³-hybridized carbons (Fsp3) is 0.500. The first kappa shape index (κ1) is 17.7. The van der Waals surface area contributed by atoms with Gasteiger partial charge in [-0.1, -0.05) is 19.9 Å². The topological polar surface area (TPSA) is 56.8 Å². The van der Waals surface area contributed by atoms with Gasteiger partial charge in [0.1, 0.15) is 5.82 Å². The third-order valence-electron chi connectivity index (χ3n) is 4.71. The van der Waals surface area contributed by atoms with Crippen LogP contribution in [0.25, 0.3) is 11.3 Å². The van der Waals surface area contributed by atoms with E-state index in [9.17, 15) is 0 Å². The van der Waals surface area contributed by atoms with Gasteiger partial charge in [0.2, 0.25) is 0 Å². The molecule has 134 valence electrons. The minimum Gasteiger partial charge on any atom is -0.345 e. The average molecular weight is 339 g/mol. The zero-order valence-corrected chi connectivity index (χ0v) is 15.4.